The highest BCUT2D eigenvalue weighted by Crippen LogP contribution is 2.28. The number of nitrogens with one attached hydrogen (secondary N) is 1. The molecule has 1 amide bonds. The monoisotopic (exact) mass is 341 g/mol. The SMILES string of the molecule is Cc1cc(C(=O)Nc2ccc(Cl)c([N+](=O)[O-])c2)c2ccccc2n1. The molecule has 7 heteroatoms. The zero-order valence-electron chi connectivity index (χ0n) is 12.6. The van der Waals surface area contributed by atoms with E-state index >= 15 is 0 Å². The van der Waals surface area contributed by atoms with Crippen LogP contribution in [-0.4, -0.2) is 15.8 Å². The highest BCUT2D eigenvalue weighted by atomic mass is 35.5. The average molecular weight is 342 g/mol. The predicted molar refractivity (Wildman–Crippen MR) is 92.5 cm³/mol. The van der Waals surface area contributed by atoms with Crippen molar-refractivity contribution < 1.29 is 9.72 Å². The third kappa shape index (κ3) is 3.04. The molecule has 1 aromatic heterocycles. The van der Waals surface area contributed by atoms with Crippen molar-refractivity contribution in [3.63, 3.8) is 0 Å². The van der Waals surface area contributed by atoms with Crippen LogP contribution < -0.4 is 5.32 Å². The Labute approximate surface area is 142 Å². The standard InChI is InChI=1S/C17H12ClN3O3/c1-10-8-13(12-4-2-3-5-15(12)19-10)17(22)20-11-6-7-14(18)16(9-11)21(23)24/h2-9H,1H3,(H,20,22). The summed E-state index contributed by atoms with van der Waals surface area (Å²) in [7, 11) is 0. The summed E-state index contributed by atoms with van der Waals surface area (Å²) in [6.45, 7) is 1.80. The summed E-state index contributed by atoms with van der Waals surface area (Å²) in [5.41, 5.74) is 1.92. The van der Waals surface area contributed by atoms with Gasteiger partial charge in [0.15, 0.2) is 0 Å². The Morgan fingerprint density at radius 2 is 1.96 bits per heavy atom. The number of nitro benzene ring substituents is 1. The number of hydrogen-bond acceptors (Lipinski definition) is 4. The molecule has 0 spiro atoms. The van der Waals surface area contributed by atoms with Gasteiger partial charge < -0.3 is 5.32 Å². The molecule has 3 aromatic rings. The number of aromatic nitrogens is 1. The van der Waals surface area contributed by atoms with Crippen molar-refractivity contribution >= 4 is 39.8 Å². The van der Waals surface area contributed by atoms with Crippen LogP contribution in [0.1, 0.15) is 16.1 Å². The van der Waals surface area contributed by atoms with Crippen molar-refractivity contribution in [2.24, 2.45) is 0 Å². The summed E-state index contributed by atoms with van der Waals surface area (Å²) in [4.78, 5) is 27.3. The van der Waals surface area contributed by atoms with Crippen LogP contribution in [0.4, 0.5) is 11.4 Å². The lowest BCUT2D eigenvalue weighted by molar-refractivity contribution is -0.384. The maximum atomic E-state index is 12.6. The maximum absolute atomic E-state index is 12.6. The topological polar surface area (TPSA) is 85.1 Å². The quantitative estimate of drug-likeness (QED) is 0.566. The molecule has 1 heterocycles. The number of fused-ring (bicyclic) bond motifs is 1. The van der Waals surface area contributed by atoms with E-state index in [1.807, 2.05) is 18.2 Å². The molecule has 120 valence electrons. The lowest BCUT2D eigenvalue weighted by Crippen LogP contribution is -2.13. The van der Waals surface area contributed by atoms with E-state index in [0.29, 0.717) is 27.8 Å². The van der Waals surface area contributed by atoms with Crippen LogP contribution in [0.3, 0.4) is 0 Å². The molecule has 3 rings (SSSR count). The highest BCUT2D eigenvalue weighted by Gasteiger charge is 2.16. The zero-order valence-corrected chi connectivity index (χ0v) is 13.4. The molecule has 2 aromatic carbocycles. The lowest BCUT2D eigenvalue weighted by atomic mass is 10.1. The van der Waals surface area contributed by atoms with Crippen LogP contribution in [0.5, 0.6) is 0 Å². The number of nitro groups is 1. The second-order valence-corrected chi connectivity index (χ2v) is 5.61. The van der Waals surface area contributed by atoms with Gasteiger partial charge in [0.2, 0.25) is 0 Å². The number of nitrogens with zero attached hydrogens (tertiary/aromatic N) is 2. The Morgan fingerprint density at radius 1 is 1.21 bits per heavy atom. The van der Waals surface area contributed by atoms with Gasteiger partial charge in [0, 0.05) is 22.8 Å². The fraction of sp³-hybridized carbons (Fsp3) is 0.0588. The highest BCUT2D eigenvalue weighted by molar-refractivity contribution is 6.32. The third-order valence-corrected chi connectivity index (χ3v) is 3.81. The maximum Gasteiger partial charge on any atom is 0.289 e. The number of halogens is 1. The molecule has 0 bridgehead atoms. The van der Waals surface area contributed by atoms with Gasteiger partial charge in [-0.1, -0.05) is 29.8 Å². The number of hydrogen-bond donors (Lipinski definition) is 1. The summed E-state index contributed by atoms with van der Waals surface area (Å²) in [6.07, 6.45) is 0. The molecule has 0 fully saturated rings. The Hall–Kier alpha value is -2.99. The Kier molecular flexibility index (Phi) is 4.14. The van der Waals surface area contributed by atoms with E-state index in [2.05, 4.69) is 10.3 Å². The van der Waals surface area contributed by atoms with Gasteiger partial charge in [-0.2, -0.15) is 0 Å². The van der Waals surface area contributed by atoms with Gasteiger partial charge in [-0.15, -0.1) is 0 Å². The van der Waals surface area contributed by atoms with Crippen LogP contribution >= 0.6 is 11.6 Å². The molecule has 24 heavy (non-hydrogen) atoms. The molecule has 0 saturated heterocycles. The summed E-state index contributed by atoms with van der Waals surface area (Å²) in [5, 5.41) is 14.3. The average Bonchev–Trinajstić information content (AvgIpc) is 2.55. The summed E-state index contributed by atoms with van der Waals surface area (Å²) in [5.74, 6) is -0.367. The normalized spacial score (nSPS) is 10.6. The first-order valence-corrected chi connectivity index (χ1v) is 7.45. The van der Waals surface area contributed by atoms with E-state index in [0.717, 1.165) is 0 Å². The number of aryl methyl sites for hydroxylation is 1. The van der Waals surface area contributed by atoms with E-state index in [1.54, 1.807) is 19.1 Å². The van der Waals surface area contributed by atoms with Crippen LogP contribution in [-0.2, 0) is 0 Å². The molecule has 0 atom stereocenters. The van der Waals surface area contributed by atoms with Gasteiger partial charge in [0.1, 0.15) is 5.02 Å². The van der Waals surface area contributed by atoms with E-state index in [4.69, 9.17) is 11.6 Å². The smallest absolute Gasteiger partial charge is 0.289 e. The minimum atomic E-state index is -0.593. The molecule has 0 saturated carbocycles. The van der Waals surface area contributed by atoms with Gasteiger partial charge in [0.05, 0.1) is 16.0 Å². The first kappa shape index (κ1) is 15.9. The minimum Gasteiger partial charge on any atom is -0.322 e. The van der Waals surface area contributed by atoms with E-state index in [9.17, 15) is 14.9 Å². The van der Waals surface area contributed by atoms with Gasteiger partial charge in [-0.3, -0.25) is 19.9 Å². The number of anilines is 1. The molecule has 0 unspecified atom stereocenters. The van der Waals surface area contributed by atoms with Gasteiger partial charge in [0.25, 0.3) is 11.6 Å². The minimum absolute atomic E-state index is 0.0169. The van der Waals surface area contributed by atoms with E-state index < -0.39 is 4.92 Å². The molecule has 0 aliphatic rings. The van der Waals surface area contributed by atoms with E-state index in [1.165, 1.54) is 18.2 Å². The first-order valence-electron chi connectivity index (χ1n) is 7.07. The third-order valence-electron chi connectivity index (χ3n) is 3.49. The molecule has 6 nitrogen and oxygen atoms in total. The lowest BCUT2D eigenvalue weighted by Gasteiger charge is -2.09. The van der Waals surface area contributed by atoms with Crippen LogP contribution in [0.25, 0.3) is 10.9 Å². The zero-order chi connectivity index (χ0) is 17.3. The molecule has 1 N–H and O–H groups in total. The fourth-order valence-corrected chi connectivity index (χ4v) is 2.61. The van der Waals surface area contributed by atoms with Gasteiger partial charge in [-0.05, 0) is 31.2 Å². The van der Waals surface area contributed by atoms with Crippen LogP contribution in [0.2, 0.25) is 5.02 Å². The molecule has 0 aliphatic heterocycles. The molecule has 0 radical (unpaired) electrons. The van der Waals surface area contributed by atoms with Crippen molar-refractivity contribution in [1.29, 1.82) is 0 Å². The number of pyridine rings is 1. The number of carbonyl (C=O) groups is 1. The van der Waals surface area contributed by atoms with Crippen molar-refractivity contribution in [2.75, 3.05) is 5.32 Å². The largest absolute Gasteiger partial charge is 0.322 e. The van der Waals surface area contributed by atoms with Gasteiger partial charge >= 0.3 is 0 Å². The van der Waals surface area contributed by atoms with Crippen molar-refractivity contribution in [3.05, 3.63) is 74.9 Å². The Balaban J connectivity index is 1.99. The van der Waals surface area contributed by atoms with Crippen molar-refractivity contribution in [3.8, 4) is 0 Å². The molecular weight excluding hydrogens is 330 g/mol. The summed E-state index contributed by atoms with van der Waals surface area (Å²) < 4.78 is 0. The summed E-state index contributed by atoms with van der Waals surface area (Å²) >= 11 is 5.78. The summed E-state index contributed by atoms with van der Waals surface area (Å²) in [6, 6.07) is 13.1. The van der Waals surface area contributed by atoms with Crippen molar-refractivity contribution in [1.82, 2.24) is 4.98 Å². The second kappa shape index (κ2) is 6.25. The van der Waals surface area contributed by atoms with Gasteiger partial charge in [-0.25, -0.2) is 0 Å². The van der Waals surface area contributed by atoms with Crippen molar-refractivity contribution in [2.45, 2.75) is 6.92 Å². The number of carbonyl (C=O) groups excluding carboxylic acids is 1. The van der Waals surface area contributed by atoms with Crippen LogP contribution in [0.15, 0.2) is 48.5 Å². The Morgan fingerprint density at radius 3 is 2.71 bits per heavy atom. The fourth-order valence-electron chi connectivity index (χ4n) is 2.42. The number of amides is 1. The molecule has 0 aliphatic carbocycles. The van der Waals surface area contributed by atoms with Crippen LogP contribution in [0, 0.1) is 17.0 Å². The predicted octanol–water partition coefficient (Wildman–Crippen LogP) is 4.36. The number of benzene rings is 2. The Bertz CT molecular complexity index is 972. The second-order valence-electron chi connectivity index (χ2n) is 5.21. The number of rotatable bonds is 3. The molecular formula is C17H12ClN3O3. The van der Waals surface area contributed by atoms with E-state index in [-0.39, 0.29) is 16.6 Å². The first-order chi connectivity index (χ1) is 11.5. The number of para-hydroxylation sites is 1.